The summed E-state index contributed by atoms with van der Waals surface area (Å²) in [7, 11) is 0. The van der Waals surface area contributed by atoms with Gasteiger partial charge in [0.2, 0.25) is 0 Å². The molecular weight excluding hydrogens is 360 g/mol. The summed E-state index contributed by atoms with van der Waals surface area (Å²) >= 11 is 0. The number of carbonyl (C=O) groups is 1. The van der Waals surface area contributed by atoms with E-state index in [1.807, 2.05) is 41.1 Å². The van der Waals surface area contributed by atoms with Gasteiger partial charge in [0, 0.05) is 18.0 Å². The molecule has 0 unspecified atom stereocenters. The molecule has 0 fully saturated rings. The van der Waals surface area contributed by atoms with E-state index in [1.54, 1.807) is 6.20 Å². The highest BCUT2D eigenvalue weighted by Gasteiger charge is 2.32. The number of rotatable bonds is 5. The monoisotopic (exact) mass is 386 g/mol. The second-order valence-corrected chi connectivity index (χ2v) is 8.17. The van der Waals surface area contributed by atoms with Gasteiger partial charge in [-0.15, -0.1) is 0 Å². The van der Waals surface area contributed by atoms with Crippen LogP contribution in [0.5, 0.6) is 0 Å². The molecular formula is C25H26N2O2. The minimum absolute atomic E-state index is 0.0875. The molecule has 29 heavy (non-hydrogen) atoms. The van der Waals surface area contributed by atoms with Crippen molar-refractivity contribution >= 4 is 12.0 Å². The fraction of sp³-hybridized carbons (Fsp3) is 0.280. The first-order valence-corrected chi connectivity index (χ1v) is 10.1. The van der Waals surface area contributed by atoms with Crippen LogP contribution in [-0.2, 0) is 11.2 Å². The first-order chi connectivity index (χ1) is 14.0. The lowest BCUT2D eigenvalue weighted by atomic mass is 9.87. The van der Waals surface area contributed by atoms with E-state index in [4.69, 9.17) is 0 Å². The van der Waals surface area contributed by atoms with Gasteiger partial charge in [0.1, 0.15) is 5.82 Å². The molecule has 4 rings (SSSR count). The van der Waals surface area contributed by atoms with Crippen LogP contribution in [0.4, 0.5) is 0 Å². The maximum atomic E-state index is 12.2. The quantitative estimate of drug-likeness (QED) is 0.623. The number of benzene rings is 2. The molecule has 0 amide bonds. The molecule has 1 N–H and O–H groups in total. The Morgan fingerprint density at radius 3 is 2.52 bits per heavy atom. The van der Waals surface area contributed by atoms with Gasteiger partial charge in [-0.25, -0.2) is 9.78 Å². The normalized spacial score (nSPS) is 16.6. The van der Waals surface area contributed by atoms with E-state index in [9.17, 15) is 9.90 Å². The van der Waals surface area contributed by atoms with Gasteiger partial charge in [0.15, 0.2) is 0 Å². The zero-order valence-electron chi connectivity index (χ0n) is 17.0. The number of imidazole rings is 1. The van der Waals surface area contributed by atoms with Crippen molar-refractivity contribution in [3.8, 4) is 11.4 Å². The summed E-state index contributed by atoms with van der Waals surface area (Å²) in [6.07, 6.45) is 6.27. The molecule has 1 aliphatic rings. The van der Waals surface area contributed by atoms with Gasteiger partial charge in [0.25, 0.3) is 0 Å². The third-order valence-electron chi connectivity index (χ3n) is 5.79. The lowest BCUT2D eigenvalue weighted by Gasteiger charge is -2.27. The predicted molar refractivity (Wildman–Crippen MR) is 116 cm³/mol. The Balaban J connectivity index is 1.74. The van der Waals surface area contributed by atoms with Crippen LogP contribution in [-0.4, -0.2) is 20.6 Å². The third kappa shape index (κ3) is 3.63. The molecule has 3 aromatic rings. The standard InChI is InChI=1S/C25H26N2O2/c1-16(2)19-10-8-18(9-11-19)14-17(3)23-22(25(28)29)15-20-6-4-5-7-21(20)24-26-12-13-27(23)24/h4-13,15-17,23H,14H2,1-3H3,(H,28,29)/t17-,23-/m0/s1. The van der Waals surface area contributed by atoms with Crippen LogP contribution in [0.2, 0.25) is 0 Å². The van der Waals surface area contributed by atoms with E-state index in [1.165, 1.54) is 11.1 Å². The SMILES string of the molecule is CC(C)c1ccc(C[C@H](C)[C@H]2C(C(=O)O)=Cc3ccccc3-c3nccn32)cc1. The van der Waals surface area contributed by atoms with E-state index in [-0.39, 0.29) is 12.0 Å². The Hall–Kier alpha value is -3.14. The Morgan fingerprint density at radius 1 is 1.10 bits per heavy atom. The minimum atomic E-state index is -0.881. The fourth-order valence-electron chi connectivity index (χ4n) is 4.27. The van der Waals surface area contributed by atoms with E-state index in [2.05, 4.69) is 50.0 Å². The van der Waals surface area contributed by atoms with Crippen molar-refractivity contribution in [3.05, 3.63) is 83.2 Å². The van der Waals surface area contributed by atoms with Gasteiger partial charge in [0.05, 0.1) is 11.6 Å². The number of fused-ring (bicyclic) bond motifs is 3. The van der Waals surface area contributed by atoms with Gasteiger partial charge in [-0.3, -0.25) is 0 Å². The van der Waals surface area contributed by atoms with Crippen molar-refractivity contribution in [2.24, 2.45) is 5.92 Å². The summed E-state index contributed by atoms with van der Waals surface area (Å²) in [5.41, 5.74) is 4.80. The van der Waals surface area contributed by atoms with Crippen molar-refractivity contribution < 1.29 is 9.90 Å². The molecule has 0 radical (unpaired) electrons. The van der Waals surface area contributed by atoms with Gasteiger partial charge < -0.3 is 9.67 Å². The Morgan fingerprint density at radius 2 is 1.83 bits per heavy atom. The van der Waals surface area contributed by atoms with Crippen LogP contribution in [0.3, 0.4) is 0 Å². The van der Waals surface area contributed by atoms with Gasteiger partial charge >= 0.3 is 5.97 Å². The first kappa shape index (κ1) is 19.2. The number of carboxylic acids is 1. The second kappa shape index (κ2) is 7.70. The molecule has 2 atom stereocenters. The van der Waals surface area contributed by atoms with Crippen molar-refractivity contribution in [1.29, 1.82) is 0 Å². The average Bonchev–Trinajstić information content (AvgIpc) is 3.12. The van der Waals surface area contributed by atoms with Crippen molar-refractivity contribution in [3.63, 3.8) is 0 Å². The first-order valence-electron chi connectivity index (χ1n) is 10.1. The molecule has 4 heteroatoms. The van der Waals surface area contributed by atoms with Crippen molar-refractivity contribution in [2.75, 3.05) is 0 Å². The third-order valence-corrected chi connectivity index (χ3v) is 5.79. The highest BCUT2D eigenvalue weighted by molar-refractivity contribution is 5.95. The number of carboxylic acid groups (broad SMARTS) is 1. The average molecular weight is 386 g/mol. The van der Waals surface area contributed by atoms with Crippen LogP contribution >= 0.6 is 0 Å². The highest BCUT2D eigenvalue weighted by atomic mass is 16.4. The maximum Gasteiger partial charge on any atom is 0.333 e. The largest absolute Gasteiger partial charge is 0.478 e. The number of hydrogen-bond donors (Lipinski definition) is 1. The molecule has 148 valence electrons. The Bertz CT molecular complexity index is 1060. The summed E-state index contributed by atoms with van der Waals surface area (Å²) in [4.78, 5) is 16.8. The van der Waals surface area contributed by atoms with Crippen molar-refractivity contribution in [2.45, 2.75) is 39.2 Å². The maximum absolute atomic E-state index is 12.2. The van der Waals surface area contributed by atoms with Gasteiger partial charge in [-0.2, -0.15) is 0 Å². The number of nitrogens with zero attached hydrogens (tertiary/aromatic N) is 2. The van der Waals surface area contributed by atoms with E-state index in [0.717, 1.165) is 23.4 Å². The molecule has 2 heterocycles. The molecule has 2 aromatic carbocycles. The Kier molecular flexibility index (Phi) is 5.10. The zero-order chi connectivity index (χ0) is 20.5. The molecule has 0 saturated carbocycles. The number of aliphatic carboxylic acids is 1. The molecule has 0 bridgehead atoms. The van der Waals surface area contributed by atoms with E-state index in [0.29, 0.717) is 11.5 Å². The summed E-state index contributed by atoms with van der Waals surface area (Å²) in [5, 5.41) is 10.0. The molecule has 1 aromatic heterocycles. The summed E-state index contributed by atoms with van der Waals surface area (Å²) < 4.78 is 2.03. The highest BCUT2D eigenvalue weighted by Crippen LogP contribution is 2.39. The van der Waals surface area contributed by atoms with Crippen LogP contribution < -0.4 is 0 Å². The predicted octanol–water partition coefficient (Wildman–Crippen LogP) is 5.58. The van der Waals surface area contributed by atoms with Crippen LogP contribution in [0.15, 0.2) is 66.5 Å². The fourth-order valence-corrected chi connectivity index (χ4v) is 4.27. The van der Waals surface area contributed by atoms with Crippen LogP contribution in [0.1, 0.15) is 49.4 Å². The minimum Gasteiger partial charge on any atom is -0.478 e. The Labute approximate surface area is 171 Å². The van der Waals surface area contributed by atoms with Crippen LogP contribution in [0.25, 0.3) is 17.5 Å². The number of aromatic nitrogens is 2. The topological polar surface area (TPSA) is 55.1 Å². The summed E-state index contributed by atoms with van der Waals surface area (Å²) in [6, 6.07) is 16.2. The van der Waals surface area contributed by atoms with E-state index >= 15 is 0 Å². The smallest absolute Gasteiger partial charge is 0.333 e. The van der Waals surface area contributed by atoms with Gasteiger partial charge in [-0.1, -0.05) is 69.3 Å². The molecule has 0 saturated heterocycles. The summed E-state index contributed by atoms with van der Waals surface area (Å²) in [5.74, 6) is 0.523. The molecule has 0 spiro atoms. The molecule has 1 aliphatic heterocycles. The number of hydrogen-bond acceptors (Lipinski definition) is 2. The molecule has 4 nitrogen and oxygen atoms in total. The second-order valence-electron chi connectivity index (χ2n) is 8.17. The lowest BCUT2D eigenvalue weighted by Crippen LogP contribution is -2.24. The van der Waals surface area contributed by atoms with Gasteiger partial charge in [-0.05, 0) is 41.0 Å². The lowest BCUT2D eigenvalue weighted by molar-refractivity contribution is -0.133. The van der Waals surface area contributed by atoms with E-state index < -0.39 is 5.97 Å². The van der Waals surface area contributed by atoms with Crippen LogP contribution in [0, 0.1) is 5.92 Å². The zero-order valence-corrected chi connectivity index (χ0v) is 17.0. The molecule has 0 aliphatic carbocycles. The van der Waals surface area contributed by atoms with Crippen molar-refractivity contribution in [1.82, 2.24) is 9.55 Å². The summed E-state index contributed by atoms with van der Waals surface area (Å²) in [6.45, 7) is 6.49.